The van der Waals surface area contributed by atoms with Crippen LogP contribution in [0.5, 0.6) is 0 Å². The van der Waals surface area contributed by atoms with Gasteiger partial charge < -0.3 is 14.6 Å². The van der Waals surface area contributed by atoms with E-state index in [1.165, 1.54) is 12.1 Å². The highest BCUT2D eigenvalue weighted by atomic mass is 32.2. The predicted molar refractivity (Wildman–Crippen MR) is 95.2 cm³/mol. The molecule has 1 atom stereocenters. The first-order valence-corrected chi connectivity index (χ1v) is 9.98. The zero-order chi connectivity index (χ0) is 18.4. The van der Waals surface area contributed by atoms with Crippen molar-refractivity contribution in [3.63, 3.8) is 0 Å². The third kappa shape index (κ3) is 4.90. The minimum absolute atomic E-state index is 0.0377. The minimum Gasteiger partial charge on any atom is -0.376 e. The van der Waals surface area contributed by atoms with Gasteiger partial charge in [-0.15, -0.1) is 0 Å². The standard InChI is InChI=1S/C17H22N4O4S/c22-17(19-12-15-4-2-10-25-15)14-3-1-5-16(11-14)26(23,24)20-7-9-21-8-6-18-13-21/h1,3,5-6,8,11,13,15,20H,2,4,7,9-10,12H2,(H,19,22)/t15-/m0/s1. The Kier molecular flexibility index (Phi) is 6.02. The topological polar surface area (TPSA) is 102 Å². The van der Waals surface area contributed by atoms with Gasteiger partial charge >= 0.3 is 0 Å². The molecule has 140 valence electrons. The number of imidazole rings is 1. The van der Waals surface area contributed by atoms with Crippen LogP contribution in [0.25, 0.3) is 0 Å². The van der Waals surface area contributed by atoms with Gasteiger partial charge in [0.25, 0.3) is 5.91 Å². The molecule has 0 bridgehead atoms. The summed E-state index contributed by atoms with van der Waals surface area (Å²) in [6, 6.07) is 6.00. The molecule has 0 saturated carbocycles. The summed E-state index contributed by atoms with van der Waals surface area (Å²) in [4.78, 5) is 16.2. The average molecular weight is 378 g/mol. The Balaban J connectivity index is 1.58. The number of nitrogens with one attached hydrogen (secondary N) is 2. The van der Waals surface area contributed by atoms with Crippen molar-refractivity contribution in [1.29, 1.82) is 0 Å². The van der Waals surface area contributed by atoms with Crippen LogP contribution in [0.1, 0.15) is 23.2 Å². The normalized spacial score (nSPS) is 17.3. The molecule has 0 spiro atoms. The molecule has 8 nitrogen and oxygen atoms in total. The van der Waals surface area contributed by atoms with E-state index in [-0.39, 0.29) is 23.5 Å². The minimum atomic E-state index is -3.69. The van der Waals surface area contributed by atoms with E-state index in [0.29, 0.717) is 18.7 Å². The summed E-state index contributed by atoms with van der Waals surface area (Å²) in [6.45, 7) is 1.85. The van der Waals surface area contributed by atoms with Crippen LogP contribution in [0.2, 0.25) is 0 Å². The summed E-state index contributed by atoms with van der Waals surface area (Å²) in [5.41, 5.74) is 0.306. The molecular weight excluding hydrogens is 356 g/mol. The molecule has 2 heterocycles. The molecule has 1 amide bonds. The molecule has 0 unspecified atom stereocenters. The van der Waals surface area contributed by atoms with Crippen molar-refractivity contribution in [2.45, 2.75) is 30.4 Å². The second kappa shape index (κ2) is 8.43. The Bertz CT molecular complexity index is 830. The van der Waals surface area contributed by atoms with Crippen LogP contribution in [0, 0.1) is 0 Å². The average Bonchev–Trinajstić information content (AvgIpc) is 3.33. The van der Waals surface area contributed by atoms with E-state index in [1.807, 2.05) is 0 Å². The summed E-state index contributed by atoms with van der Waals surface area (Å²) in [7, 11) is -3.69. The van der Waals surface area contributed by atoms with Gasteiger partial charge in [-0.1, -0.05) is 6.07 Å². The smallest absolute Gasteiger partial charge is 0.251 e. The second-order valence-electron chi connectivity index (χ2n) is 6.07. The first kappa shape index (κ1) is 18.6. The van der Waals surface area contributed by atoms with E-state index in [0.717, 1.165) is 19.4 Å². The molecule has 1 aliphatic heterocycles. The van der Waals surface area contributed by atoms with Crippen LogP contribution in [0.4, 0.5) is 0 Å². The highest BCUT2D eigenvalue weighted by molar-refractivity contribution is 7.89. The molecule has 26 heavy (non-hydrogen) atoms. The Morgan fingerprint density at radius 1 is 1.38 bits per heavy atom. The first-order valence-electron chi connectivity index (χ1n) is 8.50. The lowest BCUT2D eigenvalue weighted by Crippen LogP contribution is -2.32. The molecule has 1 fully saturated rings. The third-order valence-corrected chi connectivity index (χ3v) is 5.60. The number of carbonyl (C=O) groups excluding carboxylic acids is 1. The molecule has 0 aliphatic carbocycles. The molecule has 3 rings (SSSR count). The quantitative estimate of drug-likeness (QED) is 0.706. The van der Waals surface area contributed by atoms with Crippen LogP contribution < -0.4 is 10.0 Å². The number of rotatable bonds is 8. The van der Waals surface area contributed by atoms with Gasteiger partial charge in [0.05, 0.1) is 17.3 Å². The molecule has 2 aromatic rings. The number of sulfonamides is 1. The fraction of sp³-hybridized carbons (Fsp3) is 0.412. The molecule has 1 saturated heterocycles. The molecule has 1 aliphatic rings. The molecule has 2 N–H and O–H groups in total. The van der Waals surface area contributed by atoms with Crippen LogP contribution >= 0.6 is 0 Å². The summed E-state index contributed by atoms with van der Waals surface area (Å²) < 4.78 is 34.6. The first-order chi connectivity index (χ1) is 12.5. The third-order valence-electron chi connectivity index (χ3n) is 4.14. The van der Waals surface area contributed by atoms with E-state index in [1.54, 1.807) is 35.4 Å². The fourth-order valence-corrected chi connectivity index (χ4v) is 3.80. The van der Waals surface area contributed by atoms with Gasteiger partial charge in [0, 0.05) is 44.2 Å². The zero-order valence-corrected chi connectivity index (χ0v) is 15.1. The Labute approximate surface area is 152 Å². The number of hydrogen-bond donors (Lipinski definition) is 2. The van der Waals surface area contributed by atoms with Crippen molar-refractivity contribution in [3.8, 4) is 0 Å². The highest BCUT2D eigenvalue weighted by Gasteiger charge is 2.18. The lowest BCUT2D eigenvalue weighted by molar-refractivity contribution is 0.0857. The van der Waals surface area contributed by atoms with Crippen molar-refractivity contribution < 1.29 is 17.9 Å². The van der Waals surface area contributed by atoms with Gasteiger partial charge in [0.1, 0.15) is 0 Å². The van der Waals surface area contributed by atoms with E-state index < -0.39 is 10.0 Å². The molecule has 1 aromatic heterocycles. The van der Waals surface area contributed by atoms with Crippen molar-refractivity contribution in [1.82, 2.24) is 19.6 Å². The van der Waals surface area contributed by atoms with E-state index in [4.69, 9.17) is 4.74 Å². The van der Waals surface area contributed by atoms with Crippen LogP contribution in [-0.2, 0) is 21.3 Å². The number of nitrogens with zero attached hydrogens (tertiary/aromatic N) is 2. The van der Waals surface area contributed by atoms with E-state index in [2.05, 4.69) is 15.0 Å². The number of hydrogen-bond acceptors (Lipinski definition) is 5. The maximum Gasteiger partial charge on any atom is 0.251 e. The SMILES string of the molecule is O=C(NC[C@@H]1CCCO1)c1cccc(S(=O)(=O)NCCn2ccnc2)c1. The van der Waals surface area contributed by atoms with Gasteiger partial charge in [-0.2, -0.15) is 0 Å². The molecule has 9 heteroatoms. The van der Waals surface area contributed by atoms with Crippen LogP contribution in [0.3, 0.4) is 0 Å². The Morgan fingerprint density at radius 2 is 2.27 bits per heavy atom. The lowest BCUT2D eigenvalue weighted by atomic mass is 10.2. The monoisotopic (exact) mass is 378 g/mol. The summed E-state index contributed by atoms with van der Waals surface area (Å²) in [5, 5.41) is 2.79. The van der Waals surface area contributed by atoms with Gasteiger partial charge in [-0.05, 0) is 31.0 Å². The number of amides is 1. The summed E-state index contributed by atoms with van der Waals surface area (Å²) in [5.74, 6) is -0.309. The van der Waals surface area contributed by atoms with Crippen molar-refractivity contribution in [2.75, 3.05) is 19.7 Å². The number of benzene rings is 1. The second-order valence-corrected chi connectivity index (χ2v) is 7.84. The number of aromatic nitrogens is 2. The lowest BCUT2D eigenvalue weighted by Gasteiger charge is -2.12. The Hall–Kier alpha value is -2.23. The molecular formula is C17H22N4O4S. The van der Waals surface area contributed by atoms with Gasteiger partial charge in [-0.25, -0.2) is 18.1 Å². The Morgan fingerprint density at radius 3 is 3.00 bits per heavy atom. The zero-order valence-electron chi connectivity index (χ0n) is 14.3. The van der Waals surface area contributed by atoms with E-state index >= 15 is 0 Å². The molecule has 1 aromatic carbocycles. The van der Waals surface area contributed by atoms with Crippen molar-refractivity contribution >= 4 is 15.9 Å². The van der Waals surface area contributed by atoms with E-state index in [9.17, 15) is 13.2 Å². The number of carbonyl (C=O) groups is 1. The highest BCUT2D eigenvalue weighted by Crippen LogP contribution is 2.13. The maximum absolute atomic E-state index is 12.4. The predicted octanol–water partition coefficient (Wildman–Crippen LogP) is 0.770. The van der Waals surface area contributed by atoms with Crippen molar-refractivity contribution in [2.24, 2.45) is 0 Å². The fourth-order valence-electron chi connectivity index (χ4n) is 2.73. The summed E-state index contributed by atoms with van der Waals surface area (Å²) >= 11 is 0. The van der Waals surface area contributed by atoms with Gasteiger partial charge in [-0.3, -0.25) is 4.79 Å². The molecule has 0 radical (unpaired) electrons. The van der Waals surface area contributed by atoms with Crippen LogP contribution in [0.15, 0.2) is 47.9 Å². The summed E-state index contributed by atoms with van der Waals surface area (Å²) in [6.07, 6.45) is 6.97. The van der Waals surface area contributed by atoms with Gasteiger partial charge in [0.15, 0.2) is 0 Å². The largest absolute Gasteiger partial charge is 0.376 e. The maximum atomic E-state index is 12.4. The van der Waals surface area contributed by atoms with Gasteiger partial charge in [0.2, 0.25) is 10.0 Å². The van der Waals surface area contributed by atoms with Crippen molar-refractivity contribution in [3.05, 3.63) is 48.5 Å². The van der Waals surface area contributed by atoms with Crippen LogP contribution in [-0.4, -0.2) is 49.7 Å². The number of ether oxygens (including phenoxy) is 1.